The van der Waals surface area contributed by atoms with Gasteiger partial charge in [0.05, 0.1) is 54.0 Å². The molecule has 0 aliphatic carbocycles. The van der Waals surface area contributed by atoms with Crippen LogP contribution in [0.4, 0.5) is 9.80 Å². The molecular weight excluding hydrogens is 683 g/mol. The summed E-state index contributed by atoms with van der Waals surface area (Å²) in [4.78, 5) is 44.9. The molecule has 246 valence electrons. The molecule has 4 heterocycles. The SMILES string of the molecule is C[C@@H]1[C@@H]([Si](C)(C)F)[C@H](CC(=O)N2CCC[C@H]2CO)O[C@@]12C(=O)N(Cc1cccc(-n3[nH]c4ccccc4c3=O)c1)c1ccc(Br)cc12. The molecular formula is C35H38BrFN4O5Si. The number of aliphatic hydroxyl groups excluding tert-OH is 1. The van der Waals surface area contributed by atoms with E-state index in [2.05, 4.69) is 21.0 Å². The molecule has 0 radical (unpaired) electrons. The highest BCUT2D eigenvalue weighted by Gasteiger charge is 2.67. The predicted octanol–water partition coefficient (Wildman–Crippen LogP) is 5.78. The second kappa shape index (κ2) is 11.8. The van der Waals surface area contributed by atoms with Crippen molar-refractivity contribution in [2.24, 2.45) is 5.92 Å². The number of nitrogens with one attached hydrogen (secondary N) is 1. The fourth-order valence-corrected chi connectivity index (χ4v) is 11.1. The fraction of sp³-hybridized carbons (Fsp3) is 0.400. The van der Waals surface area contributed by atoms with E-state index in [4.69, 9.17) is 4.74 Å². The van der Waals surface area contributed by atoms with Crippen LogP contribution in [0.5, 0.6) is 0 Å². The van der Waals surface area contributed by atoms with Crippen LogP contribution in [-0.4, -0.2) is 65.3 Å². The summed E-state index contributed by atoms with van der Waals surface area (Å²) in [6.45, 7) is 5.75. The molecule has 3 aliphatic heterocycles. The van der Waals surface area contributed by atoms with E-state index >= 15 is 4.11 Å². The van der Waals surface area contributed by atoms with Crippen LogP contribution >= 0.6 is 15.9 Å². The summed E-state index contributed by atoms with van der Waals surface area (Å²) in [6, 6.07) is 20.2. The number of nitrogens with zero attached hydrogens (tertiary/aromatic N) is 3. The standard InChI is InChI=1S/C35H38BrFN4O5Si/c1-21-32(47(2,3)37)30(18-31(43)39-15-7-10-25(39)20-42)46-35(21)27-17-23(36)13-14-29(27)40(34(35)45)19-22-8-6-9-24(16-22)41-33(44)26-11-4-5-12-28(26)38-41/h4-6,8-9,11-14,16-17,21,25,30,32,38,42H,7,10,15,18-20H2,1-3H3/t21-,25+,30+,32-,35+/m1/s1. The summed E-state index contributed by atoms with van der Waals surface area (Å²) >= 11 is 3.58. The Kier molecular flexibility index (Phi) is 8.05. The molecule has 2 amide bonds. The number of aromatic amines is 1. The van der Waals surface area contributed by atoms with Crippen molar-refractivity contribution in [1.82, 2.24) is 14.7 Å². The zero-order valence-electron chi connectivity index (χ0n) is 26.6. The lowest BCUT2D eigenvalue weighted by Crippen LogP contribution is -2.45. The van der Waals surface area contributed by atoms with Gasteiger partial charge in [0, 0.05) is 28.0 Å². The number of rotatable bonds is 7. The summed E-state index contributed by atoms with van der Waals surface area (Å²) in [7, 11) is -3.46. The van der Waals surface area contributed by atoms with Crippen molar-refractivity contribution >= 4 is 52.7 Å². The van der Waals surface area contributed by atoms with Gasteiger partial charge in [-0.05, 0) is 74.0 Å². The van der Waals surface area contributed by atoms with Gasteiger partial charge in [-0.1, -0.05) is 47.1 Å². The quantitative estimate of drug-likeness (QED) is 0.186. The van der Waals surface area contributed by atoms with Gasteiger partial charge in [-0.3, -0.25) is 19.5 Å². The number of para-hydroxylation sites is 1. The molecule has 0 unspecified atom stereocenters. The van der Waals surface area contributed by atoms with Gasteiger partial charge >= 0.3 is 0 Å². The number of aliphatic hydroxyl groups is 1. The fourth-order valence-electron chi connectivity index (χ4n) is 8.24. The molecule has 47 heavy (non-hydrogen) atoms. The largest absolute Gasteiger partial charge is 0.394 e. The van der Waals surface area contributed by atoms with Crippen LogP contribution < -0.4 is 10.5 Å². The molecule has 9 nitrogen and oxygen atoms in total. The number of fused-ring (bicyclic) bond motifs is 3. The summed E-state index contributed by atoms with van der Waals surface area (Å²) in [5.74, 6) is -1.01. The lowest BCUT2D eigenvalue weighted by molar-refractivity contribution is -0.150. The number of anilines is 1. The molecule has 2 fully saturated rings. The number of amides is 2. The molecule has 2 saturated heterocycles. The van der Waals surface area contributed by atoms with Gasteiger partial charge < -0.3 is 23.8 Å². The van der Waals surface area contributed by atoms with Crippen LogP contribution in [0.25, 0.3) is 16.6 Å². The van der Waals surface area contributed by atoms with E-state index in [0.29, 0.717) is 28.9 Å². The van der Waals surface area contributed by atoms with E-state index in [1.165, 1.54) is 4.68 Å². The number of H-pyrrole nitrogens is 1. The average Bonchev–Trinajstić information content (AvgIpc) is 3.78. The monoisotopic (exact) mass is 720 g/mol. The number of halogens is 2. The van der Waals surface area contributed by atoms with Gasteiger partial charge in [-0.25, -0.2) is 4.68 Å². The molecule has 12 heteroatoms. The molecule has 3 aromatic carbocycles. The van der Waals surface area contributed by atoms with E-state index in [0.717, 1.165) is 28.4 Å². The third-order valence-electron chi connectivity index (χ3n) is 10.3. The van der Waals surface area contributed by atoms with Gasteiger partial charge in [-0.15, -0.1) is 0 Å². The Balaban J connectivity index is 1.24. The molecule has 0 bridgehead atoms. The molecule has 0 saturated carbocycles. The first-order valence-corrected chi connectivity index (χ1v) is 19.9. The minimum Gasteiger partial charge on any atom is -0.394 e. The molecule has 5 atom stereocenters. The van der Waals surface area contributed by atoms with Gasteiger partial charge in [0.25, 0.3) is 11.5 Å². The second-order valence-electron chi connectivity index (χ2n) is 13.6. The third kappa shape index (κ3) is 5.20. The van der Waals surface area contributed by atoms with Crippen molar-refractivity contribution in [3.63, 3.8) is 0 Å². The maximum atomic E-state index is 16.3. The summed E-state index contributed by atoms with van der Waals surface area (Å²) in [6.07, 6.45) is 0.690. The van der Waals surface area contributed by atoms with E-state index in [-0.39, 0.29) is 43.0 Å². The Morgan fingerprint density at radius 3 is 2.66 bits per heavy atom. The van der Waals surface area contributed by atoms with E-state index in [1.807, 2.05) is 67.6 Å². The zero-order chi connectivity index (χ0) is 33.2. The van der Waals surface area contributed by atoms with Gasteiger partial charge in [0.1, 0.15) is 0 Å². The number of carbonyl (C=O) groups excluding carboxylic acids is 2. The number of hydrogen-bond acceptors (Lipinski definition) is 5. The highest BCUT2D eigenvalue weighted by atomic mass is 79.9. The predicted molar refractivity (Wildman–Crippen MR) is 184 cm³/mol. The normalized spacial score (nSPS) is 25.8. The highest BCUT2D eigenvalue weighted by Crippen LogP contribution is 2.60. The van der Waals surface area contributed by atoms with Gasteiger partial charge in [-0.2, -0.15) is 0 Å². The summed E-state index contributed by atoms with van der Waals surface area (Å²) < 4.78 is 25.3. The second-order valence-corrected chi connectivity index (χ2v) is 18.3. The van der Waals surface area contributed by atoms with Crippen LogP contribution in [-0.2, 0) is 26.5 Å². The van der Waals surface area contributed by atoms with Crippen LogP contribution in [0.2, 0.25) is 18.6 Å². The van der Waals surface area contributed by atoms with Crippen molar-refractivity contribution < 1.29 is 23.5 Å². The highest BCUT2D eigenvalue weighted by molar-refractivity contribution is 9.10. The molecule has 4 aromatic rings. The summed E-state index contributed by atoms with van der Waals surface area (Å²) in [5, 5.41) is 13.6. The maximum Gasteiger partial charge on any atom is 0.279 e. The minimum atomic E-state index is -3.46. The van der Waals surface area contributed by atoms with E-state index in [1.54, 1.807) is 29.0 Å². The topological polar surface area (TPSA) is 108 Å². The zero-order valence-corrected chi connectivity index (χ0v) is 29.2. The minimum absolute atomic E-state index is 0.0501. The third-order valence-corrected chi connectivity index (χ3v) is 13.3. The van der Waals surface area contributed by atoms with Crippen molar-refractivity contribution in [2.45, 2.75) is 69.1 Å². The van der Waals surface area contributed by atoms with Crippen LogP contribution in [0.15, 0.2) is 76.0 Å². The maximum absolute atomic E-state index is 16.3. The Labute approximate surface area is 281 Å². The lowest BCUT2D eigenvalue weighted by Gasteiger charge is -2.31. The Morgan fingerprint density at radius 1 is 1.13 bits per heavy atom. The number of carbonyl (C=O) groups is 2. The van der Waals surface area contributed by atoms with Gasteiger partial charge in [0.15, 0.2) is 5.60 Å². The molecule has 1 aromatic heterocycles. The first-order chi connectivity index (χ1) is 22.4. The smallest absolute Gasteiger partial charge is 0.279 e. The Morgan fingerprint density at radius 2 is 1.91 bits per heavy atom. The van der Waals surface area contributed by atoms with E-state index < -0.39 is 31.6 Å². The molecule has 3 aliphatic rings. The van der Waals surface area contributed by atoms with Crippen molar-refractivity contribution in [3.8, 4) is 5.69 Å². The number of ether oxygens (including phenoxy) is 1. The lowest BCUT2D eigenvalue weighted by atomic mass is 9.82. The number of aromatic nitrogens is 2. The first-order valence-electron chi connectivity index (χ1n) is 16.1. The molecule has 1 spiro atoms. The number of hydrogen-bond donors (Lipinski definition) is 2. The number of likely N-dealkylation sites (tertiary alicyclic amines) is 1. The van der Waals surface area contributed by atoms with Crippen LogP contribution in [0, 0.1) is 5.92 Å². The van der Waals surface area contributed by atoms with Crippen molar-refractivity contribution in [3.05, 3.63) is 92.7 Å². The number of benzene rings is 3. The van der Waals surface area contributed by atoms with Crippen LogP contribution in [0.1, 0.15) is 37.3 Å². The Bertz CT molecular complexity index is 1940. The van der Waals surface area contributed by atoms with E-state index in [9.17, 15) is 19.5 Å². The Hall–Kier alpha value is -3.58. The van der Waals surface area contributed by atoms with Gasteiger partial charge in [0.2, 0.25) is 14.3 Å². The average molecular weight is 722 g/mol. The van der Waals surface area contributed by atoms with Crippen molar-refractivity contribution in [2.75, 3.05) is 18.1 Å². The molecule has 7 rings (SSSR count). The first kappa shape index (κ1) is 32.0. The van der Waals surface area contributed by atoms with Crippen LogP contribution in [0.3, 0.4) is 0 Å². The summed E-state index contributed by atoms with van der Waals surface area (Å²) in [5.41, 5.74) is 1.23. The van der Waals surface area contributed by atoms with Crippen molar-refractivity contribution in [1.29, 1.82) is 0 Å². The molecule has 2 N–H and O–H groups in total.